The second-order valence-corrected chi connectivity index (χ2v) is 3.66. The van der Waals surface area contributed by atoms with Crippen molar-refractivity contribution in [1.29, 1.82) is 10.5 Å². The molecule has 0 amide bonds. The highest BCUT2D eigenvalue weighted by Crippen LogP contribution is 2.19. The van der Waals surface area contributed by atoms with Crippen LogP contribution in [-0.2, 0) is 0 Å². The molecule has 1 aromatic heterocycles. The maximum absolute atomic E-state index is 8.61. The van der Waals surface area contributed by atoms with Crippen LogP contribution in [0.3, 0.4) is 0 Å². The second-order valence-electron chi connectivity index (χ2n) is 3.66. The van der Waals surface area contributed by atoms with E-state index < -0.39 is 0 Å². The number of nitrogens with zero attached hydrogens (tertiary/aromatic N) is 6. The van der Waals surface area contributed by atoms with Crippen LogP contribution in [0.5, 0.6) is 0 Å². The molecule has 92 valence electrons. The van der Waals surface area contributed by atoms with E-state index in [4.69, 9.17) is 10.5 Å². The van der Waals surface area contributed by atoms with Crippen LogP contribution >= 0.6 is 0 Å². The fourth-order valence-corrected chi connectivity index (χ4v) is 1.42. The Labute approximate surface area is 109 Å². The van der Waals surface area contributed by atoms with Gasteiger partial charge in [-0.3, -0.25) is 9.99 Å². The lowest BCUT2D eigenvalue weighted by atomic mass is 10.2. The molecule has 2 rings (SSSR count). The van der Waals surface area contributed by atoms with E-state index in [0.29, 0.717) is 5.69 Å². The molecular formula is C12H9N7. The first-order chi connectivity index (χ1) is 9.24. The molecule has 0 saturated heterocycles. The van der Waals surface area contributed by atoms with Gasteiger partial charge in [0.05, 0.1) is 11.4 Å². The molecule has 7 heteroatoms. The smallest absolute Gasteiger partial charge is 0.237 e. The fraction of sp³-hybridized carbons (Fsp3) is 0.0833. The van der Waals surface area contributed by atoms with Crippen LogP contribution in [-0.4, -0.2) is 20.5 Å². The molecule has 0 unspecified atom stereocenters. The van der Waals surface area contributed by atoms with Crippen molar-refractivity contribution in [2.24, 2.45) is 5.10 Å². The van der Waals surface area contributed by atoms with Crippen LogP contribution in [0.25, 0.3) is 5.69 Å². The molecule has 0 aliphatic rings. The van der Waals surface area contributed by atoms with Gasteiger partial charge < -0.3 is 0 Å². The zero-order valence-electron chi connectivity index (χ0n) is 10.1. The van der Waals surface area contributed by atoms with Crippen molar-refractivity contribution in [1.82, 2.24) is 14.8 Å². The Hall–Kier alpha value is -3.19. The topological polar surface area (TPSA) is 103 Å². The van der Waals surface area contributed by atoms with E-state index in [-0.39, 0.29) is 5.71 Å². The second kappa shape index (κ2) is 5.43. The van der Waals surface area contributed by atoms with E-state index in [9.17, 15) is 0 Å². The molecule has 2 aromatic rings. The molecular weight excluding hydrogens is 242 g/mol. The van der Waals surface area contributed by atoms with Crippen LogP contribution in [0.4, 0.5) is 5.69 Å². The third kappa shape index (κ3) is 2.73. The lowest BCUT2D eigenvalue weighted by molar-refractivity contribution is 1.05. The van der Waals surface area contributed by atoms with Gasteiger partial charge in [0, 0.05) is 0 Å². The summed E-state index contributed by atoms with van der Waals surface area (Å²) < 4.78 is 1.74. The summed E-state index contributed by atoms with van der Waals surface area (Å²) in [6.07, 6.45) is 3.15. The largest absolute Gasteiger partial charge is 0.288 e. The molecule has 7 nitrogen and oxygen atoms in total. The van der Waals surface area contributed by atoms with Gasteiger partial charge in [-0.05, 0) is 24.6 Å². The fourth-order valence-electron chi connectivity index (χ4n) is 1.42. The number of hydrazone groups is 1. The minimum atomic E-state index is -0.228. The van der Waals surface area contributed by atoms with E-state index in [1.54, 1.807) is 29.4 Å². The van der Waals surface area contributed by atoms with Crippen LogP contribution in [0.1, 0.15) is 5.56 Å². The van der Waals surface area contributed by atoms with Gasteiger partial charge in [0.25, 0.3) is 0 Å². The maximum atomic E-state index is 8.61. The highest BCUT2D eigenvalue weighted by atomic mass is 15.3. The summed E-state index contributed by atoms with van der Waals surface area (Å²) in [5.74, 6) is 0. The summed E-state index contributed by atoms with van der Waals surface area (Å²) in [6.45, 7) is 1.90. The Bertz CT molecular complexity index is 670. The molecule has 0 aliphatic heterocycles. The van der Waals surface area contributed by atoms with Crippen molar-refractivity contribution in [2.45, 2.75) is 6.92 Å². The summed E-state index contributed by atoms with van der Waals surface area (Å²) in [4.78, 5) is 0. The van der Waals surface area contributed by atoms with Gasteiger partial charge in [0.15, 0.2) is 0 Å². The first kappa shape index (κ1) is 12.3. The van der Waals surface area contributed by atoms with E-state index in [1.807, 2.05) is 25.1 Å². The van der Waals surface area contributed by atoms with Gasteiger partial charge in [-0.2, -0.15) is 15.6 Å². The predicted molar refractivity (Wildman–Crippen MR) is 68.4 cm³/mol. The molecule has 0 bridgehead atoms. The molecule has 19 heavy (non-hydrogen) atoms. The van der Waals surface area contributed by atoms with Gasteiger partial charge in [0.1, 0.15) is 24.8 Å². The minimum Gasteiger partial charge on any atom is -0.288 e. The van der Waals surface area contributed by atoms with Crippen LogP contribution in [0.15, 0.2) is 36.0 Å². The Morgan fingerprint density at radius 2 is 1.95 bits per heavy atom. The zero-order chi connectivity index (χ0) is 13.7. The van der Waals surface area contributed by atoms with E-state index in [2.05, 4.69) is 20.7 Å². The number of rotatable bonds is 3. The van der Waals surface area contributed by atoms with Gasteiger partial charge in [-0.15, -0.1) is 10.2 Å². The molecule has 0 atom stereocenters. The Balaban J connectivity index is 2.32. The summed E-state index contributed by atoms with van der Waals surface area (Å²) in [5, 5.41) is 28.4. The lowest BCUT2D eigenvalue weighted by Gasteiger charge is -2.08. The van der Waals surface area contributed by atoms with Gasteiger partial charge in [0.2, 0.25) is 5.71 Å². The van der Waals surface area contributed by atoms with Gasteiger partial charge in [-0.1, -0.05) is 6.07 Å². The van der Waals surface area contributed by atoms with E-state index in [1.165, 1.54) is 0 Å². The van der Waals surface area contributed by atoms with Crippen LogP contribution in [0.2, 0.25) is 0 Å². The molecule has 0 radical (unpaired) electrons. The number of hydrogen-bond donors (Lipinski definition) is 1. The van der Waals surface area contributed by atoms with Gasteiger partial charge >= 0.3 is 0 Å². The number of anilines is 1. The molecule has 0 spiro atoms. The van der Waals surface area contributed by atoms with Crippen molar-refractivity contribution in [3.05, 3.63) is 36.4 Å². The van der Waals surface area contributed by atoms with Crippen molar-refractivity contribution in [2.75, 3.05) is 5.43 Å². The maximum Gasteiger partial charge on any atom is 0.237 e. The van der Waals surface area contributed by atoms with Crippen LogP contribution < -0.4 is 5.43 Å². The molecule has 0 fully saturated rings. The van der Waals surface area contributed by atoms with Crippen molar-refractivity contribution < 1.29 is 0 Å². The zero-order valence-corrected chi connectivity index (χ0v) is 10.1. The van der Waals surface area contributed by atoms with E-state index >= 15 is 0 Å². The first-order valence-electron chi connectivity index (χ1n) is 5.34. The third-order valence-electron chi connectivity index (χ3n) is 2.44. The number of benzene rings is 1. The number of nitrogens with one attached hydrogen (secondary N) is 1. The normalized spacial score (nSPS) is 9.21. The highest BCUT2D eigenvalue weighted by molar-refractivity contribution is 6.10. The standard InChI is InChI=1S/C12H9N7/c1-9-2-3-11(19-7-15-16-8-19)4-12(9)18-17-10(5-13)6-14/h2-4,7-8,18H,1H3. The lowest BCUT2D eigenvalue weighted by Crippen LogP contribution is -1.99. The van der Waals surface area contributed by atoms with Crippen LogP contribution in [0, 0.1) is 29.6 Å². The van der Waals surface area contributed by atoms with E-state index in [0.717, 1.165) is 11.3 Å². The monoisotopic (exact) mass is 251 g/mol. The Morgan fingerprint density at radius 3 is 2.58 bits per heavy atom. The Morgan fingerprint density at radius 1 is 1.26 bits per heavy atom. The summed E-state index contributed by atoms with van der Waals surface area (Å²) >= 11 is 0. The molecule has 1 aromatic carbocycles. The summed E-state index contributed by atoms with van der Waals surface area (Å²) in [6, 6.07) is 9.00. The number of hydrogen-bond acceptors (Lipinski definition) is 6. The quantitative estimate of drug-likeness (QED) is 0.655. The average Bonchev–Trinajstić information content (AvgIpc) is 2.96. The van der Waals surface area contributed by atoms with Gasteiger partial charge in [-0.25, -0.2) is 0 Å². The average molecular weight is 251 g/mol. The predicted octanol–water partition coefficient (Wildman–Crippen LogP) is 1.39. The molecule has 1 heterocycles. The van der Waals surface area contributed by atoms with Crippen molar-refractivity contribution >= 4 is 11.4 Å². The minimum absolute atomic E-state index is 0.228. The van der Waals surface area contributed by atoms with Crippen molar-refractivity contribution in [3.8, 4) is 17.8 Å². The number of nitriles is 2. The highest BCUT2D eigenvalue weighted by Gasteiger charge is 2.02. The SMILES string of the molecule is Cc1ccc(-n2cnnc2)cc1NN=C(C#N)C#N. The summed E-state index contributed by atoms with van der Waals surface area (Å²) in [5.41, 5.74) is 4.97. The first-order valence-corrected chi connectivity index (χ1v) is 5.34. The summed E-state index contributed by atoms with van der Waals surface area (Å²) in [7, 11) is 0. The number of aromatic nitrogens is 3. The molecule has 0 aliphatic carbocycles. The number of aryl methyl sites for hydroxylation is 1. The van der Waals surface area contributed by atoms with Crippen molar-refractivity contribution in [3.63, 3.8) is 0 Å². The molecule has 0 saturated carbocycles. The molecule has 1 N–H and O–H groups in total. The Kier molecular flexibility index (Phi) is 3.51. The third-order valence-corrected chi connectivity index (χ3v) is 2.44.